The smallest absolute Gasteiger partial charge is 0.142 e. The first kappa shape index (κ1) is 14.9. The van der Waals surface area contributed by atoms with Crippen LogP contribution < -0.4 is 0 Å². The molecule has 1 aliphatic rings. The van der Waals surface area contributed by atoms with E-state index >= 15 is 0 Å². The molecule has 4 nitrogen and oxygen atoms in total. The van der Waals surface area contributed by atoms with Gasteiger partial charge in [-0.2, -0.15) is 0 Å². The number of Topliss-reactive ketones (excluding diaryl/α,β-unsaturated/α-hetero) is 1. The third-order valence-corrected chi connectivity index (χ3v) is 4.31. The molecule has 0 aromatic carbocycles. The number of nitrogens with zero attached hydrogens (tertiary/aromatic N) is 3. The Hall–Kier alpha value is -2.07. The summed E-state index contributed by atoms with van der Waals surface area (Å²) in [7, 11) is 2.11. The molecule has 0 saturated carbocycles. The summed E-state index contributed by atoms with van der Waals surface area (Å²) in [4.78, 5) is 23.4. The van der Waals surface area contributed by atoms with Crippen molar-refractivity contribution >= 4 is 5.78 Å². The van der Waals surface area contributed by atoms with Gasteiger partial charge in [0.05, 0.1) is 5.69 Å². The molecule has 1 fully saturated rings. The van der Waals surface area contributed by atoms with Crippen molar-refractivity contribution in [1.82, 2.24) is 14.9 Å². The lowest BCUT2D eigenvalue weighted by Gasteiger charge is -2.27. The second-order valence-electron chi connectivity index (χ2n) is 5.97. The van der Waals surface area contributed by atoms with Gasteiger partial charge in [0.2, 0.25) is 0 Å². The Morgan fingerprint density at radius 1 is 1.18 bits per heavy atom. The Balaban J connectivity index is 1.62. The molecule has 4 heteroatoms. The zero-order chi connectivity index (χ0) is 15.4. The monoisotopic (exact) mass is 295 g/mol. The van der Waals surface area contributed by atoms with Crippen molar-refractivity contribution in [3.8, 4) is 11.3 Å². The van der Waals surface area contributed by atoms with Crippen molar-refractivity contribution < 1.29 is 4.79 Å². The molecule has 0 radical (unpaired) electrons. The molecule has 2 aromatic rings. The van der Waals surface area contributed by atoms with E-state index in [0.29, 0.717) is 12.2 Å². The maximum atomic E-state index is 12.4. The van der Waals surface area contributed by atoms with Gasteiger partial charge in [0, 0.05) is 36.0 Å². The van der Waals surface area contributed by atoms with Gasteiger partial charge in [-0.15, -0.1) is 0 Å². The highest BCUT2D eigenvalue weighted by atomic mass is 16.1. The van der Waals surface area contributed by atoms with Crippen LogP contribution in [0.1, 0.15) is 18.5 Å². The standard InChI is InChI=1S/C18H21N3O/c1-21-10-7-14(8-11-21)18(22)12-16-6-5-15(13-20-16)17-4-2-3-9-19-17/h2-6,9,13-14H,7-8,10-12H2,1H3. The van der Waals surface area contributed by atoms with Crippen molar-refractivity contribution in [2.24, 2.45) is 5.92 Å². The molecule has 0 unspecified atom stereocenters. The Labute approximate surface area is 131 Å². The first-order valence-corrected chi connectivity index (χ1v) is 7.80. The molecule has 0 spiro atoms. The minimum absolute atomic E-state index is 0.202. The number of hydrogen-bond donors (Lipinski definition) is 0. The van der Waals surface area contributed by atoms with Crippen LogP contribution >= 0.6 is 0 Å². The summed E-state index contributed by atoms with van der Waals surface area (Å²) in [5.74, 6) is 0.527. The summed E-state index contributed by atoms with van der Waals surface area (Å²) >= 11 is 0. The van der Waals surface area contributed by atoms with Gasteiger partial charge in [-0.05, 0) is 57.2 Å². The highest BCUT2D eigenvalue weighted by Gasteiger charge is 2.23. The van der Waals surface area contributed by atoms with E-state index in [9.17, 15) is 4.79 Å². The number of piperidine rings is 1. The minimum atomic E-state index is 0.202. The number of hydrogen-bond acceptors (Lipinski definition) is 4. The number of likely N-dealkylation sites (tertiary alicyclic amines) is 1. The average molecular weight is 295 g/mol. The van der Waals surface area contributed by atoms with Crippen LogP contribution in [0.2, 0.25) is 0 Å². The lowest BCUT2D eigenvalue weighted by atomic mass is 9.90. The molecule has 1 saturated heterocycles. The van der Waals surface area contributed by atoms with Crippen LogP contribution in [0.15, 0.2) is 42.7 Å². The largest absolute Gasteiger partial charge is 0.306 e. The molecular formula is C18H21N3O. The van der Waals surface area contributed by atoms with Gasteiger partial charge in [-0.25, -0.2) is 0 Å². The lowest BCUT2D eigenvalue weighted by molar-refractivity contribution is -0.123. The molecule has 22 heavy (non-hydrogen) atoms. The normalized spacial score (nSPS) is 16.6. The topological polar surface area (TPSA) is 46.1 Å². The van der Waals surface area contributed by atoms with Crippen LogP contribution in [0, 0.1) is 5.92 Å². The molecule has 114 valence electrons. The Kier molecular flexibility index (Phi) is 4.59. The molecule has 1 aliphatic heterocycles. The second-order valence-corrected chi connectivity index (χ2v) is 5.97. The first-order chi connectivity index (χ1) is 10.7. The summed E-state index contributed by atoms with van der Waals surface area (Å²) in [6.45, 7) is 2.03. The van der Waals surface area contributed by atoms with Gasteiger partial charge in [0.15, 0.2) is 0 Å². The van der Waals surface area contributed by atoms with Gasteiger partial charge in [-0.1, -0.05) is 6.07 Å². The van der Waals surface area contributed by atoms with Crippen LogP contribution in [0.3, 0.4) is 0 Å². The van der Waals surface area contributed by atoms with Crippen LogP contribution in [-0.2, 0) is 11.2 Å². The van der Waals surface area contributed by atoms with Crippen molar-refractivity contribution in [2.75, 3.05) is 20.1 Å². The first-order valence-electron chi connectivity index (χ1n) is 7.80. The number of pyridine rings is 2. The average Bonchev–Trinajstić information content (AvgIpc) is 2.57. The highest BCUT2D eigenvalue weighted by Crippen LogP contribution is 2.20. The van der Waals surface area contributed by atoms with Crippen LogP contribution in [0.4, 0.5) is 0 Å². The zero-order valence-electron chi connectivity index (χ0n) is 12.9. The van der Waals surface area contributed by atoms with Crippen molar-refractivity contribution in [1.29, 1.82) is 0 Å². The lowest BCUT2D eigenvalue weighted by Crippen LogP contribution is -2.34. The third-order valence-electron chi connectivity index (χ3n) is 4.31. The van der Waals surface area contributed by atoms with E-state index in [2.05, 4.69) is 21.9 Å². The number of carbonyl (C=O) groups is 1. The molecule has 2 aromatic heterocycles. The summed E-state index contributed by atoms with van der Waals surface area (Å²) in [5, 5.41) is 0. The van der Waals surface area contributed by atoms with Gasteiger partial charge in [0.25, 0.3) is 0 Å². The van der Waals surface area contributed by atoms with E-state index in [1.54, 1.807) is 12.4 Å². The molecule has 3 heterocycles. The molecule has 0 bridgehead atoms. The Morgan fingerprint density at radius 2 is 2.00 bits per heavy atom. The van der Waals surface area contributed by atoms with Gasteiger partial charge >= 0.3 is 0 Å². The van der Waals surface area contributed by atoms with Gasteiger partial charge < -0.3 is 4.90 Å². The van der Waals surface area contributed by atoms with E-state index in [-0.39, 0.29) is 5.92 Å². The molecule has 3 rings (SSSR count). The van der Waals surface area contributed by atoms with Crippen LogP contribution in [0.5, 0.6) is 0 Å². The van der Waals surface area contributed by atoms with Crippen molar-refractivity contribution in [3.63, 3.8) is 0 Å². The predicted octanol–water partition coefficient (Wildman–Crippen LogP) is 2.60. The number of rotatable bonds is 4. The fourth-order valence-corrected chi connectivity index (χ4v) is 2.87. The molecular weight excluding hydrogens is 274 g/mol. The maximum Gasteiger partial charge on any atom is 0.142 e. The SMILES string of the molecule is CN1CCC(C(=O)Cc2ccc(-c3ccccn3)cn2)CC1. The number of ketones is 1. The van der Waals surface area contributed by atoms with Crippen LogP contribution in [0.25, 0.3) is 11.3 Å². The fourth-order valence-electron chi connectivity index (χ4n) is 2.87. The fraction of sp³-hybridized carbons (Fsp3) is 0.389. The second kappa shape index (κ2) is 6.79. The van der Waals surface area contributed by atoms with Gasteiger partial charge in [-0.3, -0.25) is 14.8 Å². The van der Waals surface area contributed by atoms with Crippen LogP contribution in [-0.4, -0.2) is 40.8 Å². The number of carbonyl (C=O) groups excluding carboxylic acids is 1. The quantitative estimate of drug-likeness (QED) is 0.870. The summed E-state index contributed by atoms with van der Waals surface area (Å²) in [6.07, 6.45) is 5.96. The van der Waals surface area contributed by atoms with Crippen molar-refractivity contribution in [2.45, 2.75) is 19.3 Å². The molecule has 0 atom stereocenters. The predicted molar refractivity (Wildman–Crippen MR) is 86.4 cm³/mol. The molecule has 0 amide bonds. The van der Waals surface area contributed by atoms with E-state index in [0.717, 1.165) is 42.9 Å². The molecule has 0 N–H and O–H groups in total. The van der Waals surface area contributed by atoms with E-state index < -0.39 is 0 Å². The molecule has 0 aliphatic carbocycles. The maximum absolute atomic E-state index is 12.4. The van der Waals surface area contributed by atoms with E-state index in [4.69, 9.17) is 0 Å². The van der Waals surface area contributed by atoms with E-state index in [1.165, 1.54) is 0 Å². The summed E-state index contributed by atoms with van der Waals surface area (Å²) in [6, 6.07) is 9.75. The van der Waals surface area contributed by atoms with Crippen molar-refractivity contribution in [3.05, 3.63) is 48.4 Å². The summed E-state index contributed by atoms with van der Waals surface area (Å²) in [5.41, 5.74) is 2.74. The Bertz CT molecular complexity index is 617. The third kappa shape index (κ3) is 3.57. The Morgan fingerprint density at radius 3 is 2.64 bits per heavy atom. The highest BCUT2D eigenvalue weighted by molar-refractivity contribution is 5.83. The minimum Gasteiger partial charge on any atom is -0.306 e. The zero-order valence-corrected chi connectivity index (χ0v) is 12.9. The number of aromatic nitrogens is 2. The summed E-state index contributed by atoms with van der Waals surface area (Å²) < 4.78 is 0. The van der Waals surface area contributed by atoms with E-state index in [1.807, 2.05) is 30.3 Å². The van der Waals surface area contributed by atoms with Gasteiger partial charge in [0.1, 0.15) is 5.78 Å².